The summed E-state index contributed by atoms with van der Waals surface area (Å²) in [6, 6.07) is 6.84. The second-order valence-corrected chi connectivity index (χ2v) is 3.81. The van der Waals surface area contributed by atoms with Crippen molar-refractivity contribution < 1.29 is 4.39 Å². The molecule has 0 aliphatic carbocycles. The van der Waals surface area contributed by atoms with Crippen molar-refractivity contribution in [2.45, 2.75) is 18.4 Å². The van der Waals surface area contributed by atoms with Crippen LogP contribution in [0.25, 0.3) is 0 Å². The van der Waals surface area contributed by atoms with Crippen LogP contribution in [-0.2, 0) is 0 Å². The number of rotatable bonds is 1. The molecule has 0 aromatic heterocycles. The summed E-state index contributed by atoms with van der Waals surface area (Å²) in [6.07, 6.45) is 0.988. The average molecular weight is 194 g/mol. The summed E-state index contributed by atoms with van der Waals surface area (Å²) < 4.78 is 12.7. The van der Waals surface area contributed by atoms with Crippen molar-refractivity contribution in [3.05, 3.63) is 35.6 Å². The molecule has 14 heavy (non-hydrogen) atoms. The second kappa shape index (κ2) is 4.07. The fourth-order valence-corrected chi connectivity index (χ4v) is 1.95. The van der Waals surface area contributed by atoms with Crippen molar-refractivity contribution in [1.29, 1.82) is 0 Å². The zero-order valence-electron chi connectivity index (χ0n) is 8.04. The van der Waals surface area contributed by atoms with E-state index < -0.39 is 0 Å². The Balaban J connectivity index is 2.16. The zero-order valence-corrected chi connectivity index (χ0v) is 8.04. The van der Waals surface area contributed by atoms with E-state index in [2.05, 4.69) is 5.32 Å². The molecule has 2 atom stereocenters. The Morgan fingerprint density at radius 3 is 2.64 bits per heavy atom. The van der Waals surface area contributed by atoms with E-state index in [1.54, 1.807) is 0 Å². The van der Waals surface area contributed by atoms with E-state index in [0.717, 1.165) is 25.1 Å². The number of hydrogen-bond donors (Lipinski definition) is 2. The highest BCUT2D eigenvalue weighted by molar-refractivity contribution is 5.23. The number of halogens is 1. The van der Waals surface area contributed by atoms with Crippen LogP contribution in [0.2, 0.25) is 0 Å². The first-order valence-corrected chi connectivity index (χ1v) is 4.99. The summed E-state index contributed by atoms with van der Waals surface area (Å²) in [5.41, 5.74) is 7.15. The lowest BCUT2D eigenvalue weighted by Crippen LogP contribution is -2.43. The first-order valence-electron chi connectivity index (χ1n) is 4.99. The Kier molecular flexibility index (Phi) is 2.79. The van der Waals surface area contributed by atoms with Crippen LogP contribution >= 0.6 is 0 Å². The summed E-state index contributed by atoms with van der Waals surface area (Å²) in [7, 11) is 0. The highest BCUT2D eigenvalue weighted by Gasteiger charge is 2.22. The van der Waals surface area contributed by atoms with E-state index in [1.165, 1.54) is 12.1 Å². The van der Waals surface area contributed by atoms with Gasteiger partial charge in [-0.1, -0.05) is 12.1 Å². The van der Waals surface area contributed by atoms with E-state index >= 15 is 0 Å². The molecule has 0 amide bonds. The first-order chi connectivity index (χ1) is 6.77. The third kappa shape index (κ3) is 1.94. The van der Waals surface area contributed by atoms with Crippen molar-refractivity contribution in [2.24, 2.45) is 5.73 Å². The minimum Gasteiger partial charge on any atom is -0.327 e. The van der Waals surface area contributed by atoms with Gasteiger partial charge in [0.15, 0.2) is 0 Å². The highest BCUT2D eigenvalue weighted by atomic mass is 19.1. The molecule has 1 aromatic rings. The predicted molar refractivity (Wildman–Crippen MR) is 54.6 cm³/mol. The smallest absolute Gasteiger partial charge is 0.123 e. The topological polar surface area (TPSA) is 38.0 Å². The molecule has 0 bridgehead atoms. The van der Waals surface area contributed by atoms with E-state index in [-0.39, 0.29) is 11.9 Å². The van der Waals surface area contributed by atoms with Crippen LogP contribution in [0.3, 0.4) is 0 Å². The largest absolute Gasteiger partial charge is 0.327 e. The van der Waals surface area contributed by atoms with E-state index in [0.29, 0.717) is 5.92 Å². The summed E-state index contributed by atoms with van der Waals surface area (Å²) >= 11 is 0. The fraction of sp³-hybridized carbons (Fsp3) is 0.455. The van der Waals surface area contributed by atoms with E-state index in [9.17, 15) is 4.39 Å². The Hall–Kier alpha value is -0.930. The second-order valence-electron chi connectivity index (χ2n) is 3.81. The molecule has 0 unspecified atom stereocenters. The third-order valence-electron chi connectivity index (χ3n) is 2.83. The van der Waals surface area contributed by atoms with Crippen molar-refractivity contribution in [3.8, 4) is 0 Å². The summed E-state index contributed by atoms with van der Waals surface area (Å²) in [4.78, 5) is 0. The standard InChI is InChI=1S/C11H15FN2/c12-9-3-1-8(2-4-9)10-7-14-6-5-11(10)13/h1-4,10-11,14H,5-7,13H2/t10-,11+/m0/s1. The van der Waals surface area contributed by atoms with Gasteiger partial charge in [0.1, 0.15) is 5.82 Å². The monoisotopic (exact) mass is 194 g/mol. The molecule has 1 aliphatic heterocycles. The maximum atomic E-state index is 12.7. The number of piperidine rings is 1. The van der Waals surface area contributed by atoms with Crippen LogP contribution in [0, 0.1) is 5.82 Å². The van der Waals surface area contributed by atoms with Crippen LogP contribution < -0.4 is 11.1 Å². The zero-order chi connectivity index (χ0) is 9.97. The number of hydrogen-bond acceptors (Lipinski definition) is 2. The number of nitrogens with one attached hydrogen (secondary N) is 1. The van der Waals surface area contributed by atoms with Crippen molar-refractivity contribution in [1.82, 2.24) is 5.32 Å². The molecular formula is C11H15FN2. The van der Waals surface area contributed by atoms with E-state index in [4.69, 9.17) is 5.73 Å². The van der Waals surface area contributed by atoms with Crippen molar-refractivity contribution in [3.63, 3.8) is 0 Å². The molecule has 76 valence electrons. The number of nitrogens with two attached hydrogens (primary N) is 1. The van der Waals surface area contributed by atoms with Crippen molar-refractivity contribution >= 4 is 0 Å². The Bertz CT molecular complexity index is 297. The Morgan fingerprint density at radius 2 is 2.00 bits per heavy atom. The average Bonchev–Trinajstić information content (AvgIpc) is 2.20. The molecule has 3 N–H and O–H groups in total. The van der Waals surface area contributed by atoms with Crippen LogP contribution in [0.4, 0.5) is 4.39 Å². The van der Waals surface area contributed by atoms with Gasteiger partial charge in [-0.15, -0.1) is 0 Å². The third-order valence-corrected chi connectivity index (χ3v) is 2.83. The van der Waals surface area contributed by atoms with Gasteiger partial charge >= 0.3 is 0 Å². The molecule has 0 spiro atoms. The summed E-state index contributed by atoms with van der Waals surface area (Å²) in [5, 5.41) is 3.30. The molecule has 2 nitrogen and oxygen atoms in total. The van der Waals surface area contributed by atoms with Gasteiger partial charge in [-0.25, -0.2) is 4.39 Å². The van der Waals surface area contributed by atoms with Crippen LogP contribution in [0.15, 0.2) is 24.3 Å². The summed E-state index contributed by atoms with van der Waals surface area (Å²) in [6.45, 7) is 1.88. The van der Waals surface area contributed by atoms with Gasteiger partial charge in [-0.3, -0.25) is 0 Å². The van der Waals surface area contributed by atoms with Gasteiger partial charge in [0.25, 0.3) is 0 Å². The van der Waals surface area contributed by atoms with Gasteiger partial charge in [-0.05, 0) is 30.7 Å². The lowest BCUT2D eigenvalue weighted by molar-refractivity contribution is 0.402. The maximum absolute atomic E-state index is 12.7. The first kappa shape index (κ1) is 9.62. The predicted octanol–water partition coefficient (Wildman–Crippen LogP) is 1.23. The molecule has 1 aromatic carbocycles. The molecule has 0 radical (unpaired) electrons. The molecule has 1 saturated heterocycles. The van der Waals surface area contributed by atoms with Gasteiger partial charge in [0, 0.05) is 18.5 Å². The minimum absolute atomic E-state index is 0.189. The summed E-state index contributed by atoms with van der Waals surface area (Å²) in [5.74, 6) is 0.135. The van der Waals surface area contributed by atoms with Gasteiger partial charge in [0.05, 0.1) is 0 Å². The van der Waals surface area contributed by atoms with Gasteiger partial charge < -0.3 is 11.1 Å². The fourth-order valence-electron chi connectivity index (χ4n) is 1.95. The van der Waals surface area contributed by atoms with E-state index in [1.807, 2.05) is 12.1 Å². The molecule has 1 heterocycles. The quantitative estimate of drug-likeness (QED) is 0.705. The Labute approximate surface area is 83.3 Å². The Morgan fingerprint density at radius 1 is 1.29 bits per heavy atom. The van der Waals surface area contributed by atoms with Gasteiger partial charge in [-0.2, -0.15) is 0 Å². The minimum atomic E-state index is -0.189. The van der Waals surface area contributed by atoms with Gasteiger partial charge in [0.2, 0.25) is 0 Å². The molecule has 1 fully saturated rings. The molecule has 2 rings (SSSR count). The molecule has 0 saturated carbocycles. The molecule has 1 aliphatic rings. The SMILES string of the molecule is N[C@@H]1CCNC[C@H]1c1ccc(F)cc1. The molecule has 3 heteroatoms. The lowest BCUT2D eigenvalue weighted by atomic mass is 9.87. The highest BCUT2D eigenvalue weighted by Crippen LogP contribution is 2.22. The van der Waals surface area contributed by atoms with Crippen LogP contribution in [-0.4, -0.2) is 19.1 Å². The maximum Gasteiger partial charge on any atom is 0.123 e. The van der Waals surface area contributed by atoms with Crippen LogP contribution in [0.1, 0.15) is 17.9 Å². The molecular weight excluding hydrogens is 179 g/mol. The van der Waals surface area contributed by atoms with Crippen molar-refractivity contribution in [2.75, 3.05) is 13.1 Å². The van der Waals surface area contributed by atoms with Crippen LogP contribution in [0.5, 0.6) is 0 Å². The normalized spacial score (nSPS) is 27.6. The number of benzene rings is 1. The lowest BCUT2D eigenvalue weighted by Gasteiger charge is -2.29.